The number of fused-ring (bicyclic) bond motifs is 1. The summed E-state index contributed by atoms with van der Waals surface area (Å²) in [5.41, 5.74) is 1.09. The highest BCUT2D eigenvalue weighted by atomic mass is 16.5. The first-order valence-corrected chi connectivity index (χ1v) is 8.29. The van der Waals surface area contributed by atoms with Gasteiger partial charge in [-0.25, -0.2) is 9.97 Å². The van der Waals surface area contributed by atoms with Crippen LogP contribution >= 0.6 is 0 Å². The van der Waals surface area contributed by atoms with Crippen LogP contribution in [0.25, 0.3) is 0 Å². The molecule has 8 nitrogen and oxygen atoms in total. The lowest BCUT2D eigenvalue weighted by atomic mass is 10.3. The average Bonchev–Trinajstić information content (AvgIpc) is 2.95. The first kappa shape index (κ1) is 15.6. The van der Waals surface area contributed by atoms with Crippen LogP contribution in [0.3, 0.4) is 0 Å². The Balaban J connectivity index is 1.39. The molecule has 3 aromatic rings. The van der Waals surface area contributed by atoms with Gasteiger partial charge in [-0.15, -0.1) is 10.2 Å². The Morgan fingerprint density at radius 2 is 1.96 bits per heavy atom. The Labute approximate surface area is 145 Å². The summed E-state index contributed by atoms with van der Waals surface area (Å²) in [5, 5.41) is 8.61. The van der Waals surface area contributed by atoms with E-state index >= 15 is 0 Å². The van der Waals surface area contributed by atoms with E-state index in [0.717, 1.165) is 49.9 Å². The molecule has 1 aliphatic rings. The molecule has 4 rings (SSSR count). The Kier molecular flexibility index (Phi) is 4.60. The van der Waals surface area contributed by atoms with Gasteiger partial charge in [0.1, 0.15) is 18.8 Å². The standard InChI is InChI=1S/C17H19N7O/c1-2-5-20-14(3-1)11-23-6-4-16-21-22-17(24(16)8-7-23)12-25-15-9-18-13-19-10-15/h1-3,5,9-10,13H,4,6-8,11-12H2. The highest BCUT2D eigenvalue weighted by Gasteiger charge is 2.19. The molecule has 128 valence electrons. The molecule has 0 amide bonds. The Bertz CT molecular complexity index is 806. The van der Waals surface area contributed by atoms with Crippen molar-refractivity contribution in [2.24, 2.45) is 0 Å². The lowest BCUT2D eigenvalue weighted by Gasteiger charge is -2.18. The number of hydrogen-bond acceptors (Lipinski definition) is 7. The maximum atomic E-state index is 5.71. The van der Waals surface area contributed by atoms with Gasteiger partial charge in [-0.1, -0.05) is 6.07 Å². The van der Waals surface area contributed by atoms with Crippen LogP contribution < -0.4 is 4.74 Å². The molecule has 3 aromatic heterocycles. The third kappa shape index (κ3) is 3.80. The number of hydrogen-bond donors (Lipinski definition) is 0. The third-order valence-electron chi connectivity index (χ3n) is 4.21. The zero-order valence-electron chi connectivity index (χ0n) is 13.8. The maximum absolute atomic E-state index is 5.71. The summed E-state index contributed by atoms with van der Waals surface area (Å²) in [5.74, 6) is 2.47. The summed E-state index contributed by atoms with van der Waals surface area (Å²) in [6.07, 6.45) is 7.47. The predicted molar refractivity (Wildman–Crippen MR) is 89.6 cm³/mol. The van der Waals surface area contributed by atoms with Gasteiger partial charge < -0.3 is 9.30 Å². The fraction of sp³-hybridized carbons (Fsp3) is 0.353. The van der Waals surface area contributed by atoms with E-state index in [4.69, 9.17) is 4.74 Å². The number of ether oxygens (including phenoxy) is 1. The van der Waals surface area contributed by atoms with E-state index in [2.05, 4.69) is 40.7 Å². The monoisotopic (exact) mass is 337 g/mol. The van der Waals surface area contributed by atoms with Gasteiger partial charge >= 0.3 is 0 Å². The highest BCUT2D eigenvalue weighted by molar-refractivity contribution is 5.10. The van der Waals surface area contributed by atoms with Crippen LogP contribution in [-0.4, -0.2) is 47.7 Å². The third-order valence-corrected chi connectivity index (χ3v) is 4.21. The molecule has 8 heteroatoms. The van der Waals surface area contributed by atoms with Gasteiger partial charge in [0.2, 0.25) is 0 Å². The van der Waals surface area contributed by atoms with Gasteiger partial charge in [-0.05, 0) is 12.1 Å². The number of rotatable bonds is 5. The summed E-state index contributed by atoms with van der Waals surface area (Å²) in [6.45, 7) is 3.94. The molecule has 0 aromatic carbocycles. The minimum Gasteiger partial charge on any atom is -0.482 e. The van der Waals surface area contributed by atoms with Crippen LogP contribution in [0, 0.1) is 0 Å². The van der Waals surface area contributed by atoms with Crippen molar-refractivity contribution >= 4 is 0 Å². The molecular weight excluding hydrogens is 318 g/mol. The zero-order chi connectivity index (χ0) is 16.9. The molecule has 0 fully saturated rings. The SMILES string of the molecule is c1ccc(CN2CCc3nnc(COc4cncnc4)n3CC2)nc1. The Hall–Kier alpha value is -2.87. The first-order valence-electron chi connectivity index (χ1n) is 8.29. The summed E-state index contributed by atoms with van der Waals surface area (Å²) in [6, 6.07) is 6.03. The van der Waals surface area contributed by atoms with Crippen molar-refractivity contribution in [1.29, 1.82) is 0 Å². The Morgan fingerprint density at radius 1 is 1.04 bits per heavy atom. The maximum Gasteiger partial charge on any atom is 0.171 e. The molecule has 0 bridgehead atoms. The molecule has 0 radical (unpaired) electrons. The average molecular weight is 337 g/mol. The van der Waals surface area contributed by atoms with E-state index < -0.39 is 0 Å². The highest BCUT2D eigenvalue weighted by Crippen LogP contribution is 2.13. The van der Waals surface area contributed by atoms with Crippen LogP contribution in [0.5, 0.6) is 5.75 Å². The van der Waals surface area contributed by atoms with Gasteiger partial charge in [0.05, 0.1) is 18.1 Å². The van der Waals surface area contributed by atoms with Crippen LogP contribution in [-0.2, 0) is 26.1 Å². The van der Waals surface area contributed by atoms with Crippen molar-refractivity contribution < 1.29 is 4.74 Å². The fourth-order valence-electron chi connectivity index (χ4n) is 2.92. The molecule has 25 heavy (non-hydrogen) atoms. The molecule has 0 aliphatic carbocycles. The first-order chi connectivity index (χ1) is 12.4. The van der Waals surface area contributed by atoms with Crippen LogP contribution in [0.4, 0.5) is 0 Å². The number of nitrogens with zero attached hydrogens (tertiary/aromatic N) is 7. The summed E-state index contributed by atoms with van der Waals surface area (Å²) in [4.78, 5) is 14.7. The number of aromatic nitrogens is 6. The minimum atomic E-state index is 0.362. The van der Waals surface area contributed by atoms with Gasteiger partial charge in [-0.3, -0.25) is 9.88 Å². The van der Waals surface area contributed by atoms with Gasteiger partial charge in [0, 0.05) is 38.8 Å². The summed E-state index contributed by atoms with van der Waals surface area (Å²) >= 11 is 0. The van der Waals surface area contributed by atoms with E-state index in [1.54, 1.807) is 12.4 Å². The van der Waals surface area contributed by atoms with Crippen LogP contribution in [0.1, 0.15) is 17.3 Å². The van der Waals surface area contributed by atoms with Gasteiger partial charge in [-0.2, -0.15) is 0 Å². The molecule has 0 atom stereocenters. The largest absolute Gasteiger partial charge is 0.482 e. The second-order valence-electron chi connectivity index (χ2n) is 5.89. The second kappa shape index (κ2) is 7.35. The van der Waals surface area contributed by atoms with Crippen molar-refractivity contribution in [3.05, 3.63) is 60.5 Å². The molecule has 0 N–H and O–H groups in total. The molecule has 4 heterocycles. The molecule has 1 aliphatic heterocycles. The normalized spacial score (nSPS) is 14.7. The lowest BCUT2D eigenvalue weighted by Crippen LogP contribution is -2.27. The van der Waals surface area contributed by atoms with E-state index in [1.165, 1.54) is 6.33 Å². The van der Waals surface area contributed by atoms with Gasteiger partial charge in [0.25, 0.3) is 0 Å². The van der Waals surface area contributed by atoms with Crippen molar-refractivity contribution in [3.63, 3.8) is 0 Å². The quantitative estimate of drug-likeness (QED) is 0.689. The molecule has 0 saturated carbocycles. The van der Waals surface area contributed by atoms with Crippen molar-refractivity contribution in [2.75, 3.05) is 13.1 Å². The second-order valence-corrected chi connectivity index (χ2v) is 5.89. The zero-order valence-corrected chi connectivity index (χ0v) is 13.8. The van der Waals surface area contributed by atoms with E-state index in [1.807, 2.05) is 18.3 Å². The van der Waals surface area contributed by atoms with E-state index in [-0.39, 0.29) is 0 Å². The molecular formula is C17H19N7O. The molecule has 0 unspecified atom stereocenters. The van der Waals surface area contributed by atoms with Crippen LogP contribution in [0.2, 0.25) is 0 Å². The Morgan fingerprint density at radius 3 is 2.80 bits per heavy atom. The van der Waals surface area contributed by atoms with E-state index in [9.17, 15) is 0 Å². The van der Waals surface area contributed by atoms with E-state index in [0.29, 0.717) is 12.4 Å². The van der Waals surface area contributed by atoms with Crippen LogP contribution in [0.15, 0.2) is 43.1 Å². The summed E-state index contributed by atoms with van der Waals surface area (Å²) < 4.78 is 7.86. The number of pyridine rings is 1. The van der Waals surface area contributed by atoms with Gasteiger partial charge in [0.15, 0.2) is 11.6 Å². The smallest absolute Gasteiger partial charge is 0.171 e. The molecule has 0 spiro atoms. The van der Waals surface area contributed by atoms with Crippen molar-refractivity contribution in [3.8, 4) is 5.75 Å². The minimum absolute atomic E-state index is 0.362. The fourth-order valence-corrected chi connectivity index (χ4v) is 2.92. The lowest BCUT2D eigenvalue weighted by molar-refractivity contribution is 0.259. The van der Waals surface area contributed by atoms with Crippen molar-refractivity contribution in [1.82, 2.24) is 34.6 Å². The van der Waals surface area contributed by atoms with Crippen molar-refractivity contribution in [2.45, 2.75) is 26.1 Å². The topological polar surface area (TPSA) is 81.9 Å². The molecule has 0 saturated heterocycles. The predicted octanol–water partition coefficient (Wildman–Crippen LogP) is 1.10. The summed E-state index contributed by atoms with van der Waals surface area (Å²) in [7, 11) is 0.